The van der Waals surface area contributed by atoms with Crippen LogP contribution in [0.3, 0.4) is 0 Å². The summed E-state index contributed by atoms with van der Waals surface area (Å²) >= 11 is -1.65. The van der Waals surface area contributed by atoms with Gasteiger partial charge in [0.1, 0.15) is 12.3 Å². The average molecular weight is 487 g/mol. The SMILES string of the molecule is COc1ccnc(C[S+]([O-])c2nc3cc4c(cc3[nH]2)OC(F)(F)CO4)c1OCc1ccccc1. The highest BCUT2D eigenvalue weighted by molar-refractivity contribution is 7.90. The number of hydrogen-bond donors (Lipinski definition) is 1. The van der Waals surface area contributed by atoms with Gasteiger partial charge in [0.25, 0.3) is 0 Å². The van der Waals surface area contributed by atoms with Crippen molar-refractivity contribution in [2.75, 3.05) is 13.7 Å². The summed E-state index contributed by atoms with van der Waals surface area (Å²) in [7, 11) is 1.51. The maximum atomic E-state index is 13.5. The predicted molar refractivity (Wildman–Crippen MR) is 119 cm³/mol. The molecule has 11 heteroatoms. The van der Waals surface area contributed by atoms with Crippen molar-refractivity contribution in [3.63, 3.8) is 0 Å². The van der Waals surface area contributed by atoms with E-state index in [4.69, 9.17) is 14.2 Å². The van der Waals surface area contributed by atoms with Crippen LogP contribution in [0, 0.1) is 0 Å². The number of nitrogens with one attached hydrogen (secondary N) is 1. The zero-order chi connectivity index (χ0) is 23.7. The Kier molecular flexibility index (Phi) is 5.88. The lowest BCUT2D eigenvalue weighted by Crippen LogP contribution is -2.35. The van der Waals surface area contributed by atoms with Gasteiger partial charge in [0, 0.05) is 35.6 Å². The van der Waals surface area contributed by atoms with E-state index in [-0.39, 0.29) is 29.0 Å². The number of hydrogen-bond acceptors (Lipinski definition) is 7. The molecule has 1 N–H and O–H groups in total. The molecular weight excluding hydrogens is 468 g/mol. The summed E-state index contributed by atoms with van der Waals surface area (Å²) < 4.78 is 61.2. The molecule has 34 heavy (non-hydrogen) atoms. The molecule has 5 rings (SSSR count). The normalized spacial score (nSPS) is 15.2. The molecule has 176 valence electrons. The molecular formula is C23H19F2N3O5S. The summed E-state index contributed by atoms with van der Waals surface area (Å²) in [6.07, 6.45) is -1.87. The number of rotatable bonds is 7. The number of halogens is 2. The Labute approximate surface area is 196 Å². The lowest BCUT2D eigenvalue weighted by atomic mass is 10.2. The van der Waals surface area contributed by atoms with Gasteiger partial charge >= 0.3 is 11.3 Å². The van der Waals surface area contributed by atoms with Gasteiger partial charge in [0.2, 0.25) is 0 Å². The largest absolute Gasteiger partial charge is 0.609 e. The van der Waals surface area contributed by atoms with Crippen LogP contribution in [0.1, 0.15) is 11.3 Å². The molecule has 2 aromatic heterocycles. The molecule has 0 radical (unpaired) electrons. The summed E-state index contributed by atoms with van der Waals surface area (Å²) in [5, 5.41) is 0.155. The quantitative estimate of drug-likeness (QED) is 0.390. The molecule has 0 fully saturated rings. The minimum Gasteiger partial charge on any atom is -0.609 e. The van der Waals surface area contributed by atoms with Gasteiger partial charge in [-0.1, -0.05) is 30.3 Å². The van der Waals surface area contributed by atoms with Gasteiger partial charge in [-0.15, -0.1) is 0 Å². The fourth-order valence-electron chi connectivity index (χ4n) is 3.46. The molecule has 1 aliphatic rings. The van der Waals surface area contributed by atoms with Crippen molar-refractivity contribution >= 4 is 22.2 Å². The molecule has 1 aliphatic heterocycles. The highest BCUT2D eigenvalue weighted by Gasteiger charge is 2.38. The Morgan fingerprint density at radius 1 is 1.18 bits per heavy atom. The summed E-state index contributed by atoms with van der Waals surface area (Å²) in [6, 6.07) is 14.1. The van der Waals surface area contributed by atoms with Crippen LogP contribution in [0.4, 0.5) is 8.78 Å². The van der Waals surface area contributed by atoms with Crippen LogP contribution in [-0.2, 0) is 23.5 Å². The molecule has 0 spiro atoms. The maximum absolute atomic E-state index is 13.5. The lowest BCUT2D eigenvalue weighted by molar-refractivity contribution is -0.208. The summed E-state index contributed by atoms with van der Waals surface area (Å²) in [6.45, 7) is -0.606. The van der Waals surface area contributed by atoms with E-state index in [2.05, 4.69) is 19.7 Å². The van der Waals surface area contributed by atoms with Crippen LogP contribution < -0.4 is 18.9 Å². The third kappa shape index (κ3) is 4.57. The first-order chi connectivity index (χ1) is 16.4. The van der Waals surface area contributed by atoms with Crippen LogP contribution in [-0.4, -0.2) is 39.3 Å². The second kappa shape index (κ2) is 8.99. The zero-order valence-corrected chi connectivity index (χ0v) is 18.7. The van der Waals surface area contributed by atoms with E-state index in [0.717, 1.165) is 5.56 Å². The first-order valence-electron chi connectivity index (χ1n) is 10.2. The third-order valence-corrected chi connectivity index (χ3v) is 6.21. The standard InChI is InChI=1S/C23H19F2N3O5S/c1-30-18-7-8-26-17(21(18)31-11-14-5-3-2-4-6-14)12-34(29)22-27-15-9-19-20(10-16(15)28-22)33-23(24,25)13-32-19/h2-10H,11-13H2,1H3,(H,27,28). The van der Waals surface area contributed by atoms with Crippen LogP contribution in [0.25, 0.3) is 11.0 Å². The number of benzene rings is 2. The van der Waals surface area contributed by atoms with Gasteiger partial charge in [-0.3, -0.25) is 9.97 Å². The van der Waals surface area contributed by atoms with Crippen molar-refractivity contribution < 1.29 is 32.3 Å². The van der Waals surface area contributed by atoms with Gasteiger partial charge in [0.15, 0.2) is 35.4 Å². The lowest BCUT2D eigenvalue weighted by Gasteiger charge is -2.25. The fraction of sp³-hybridized carbons (Fsp3) is 0.217. The van der Waals surface area contributed by atoms with Gasteiger partial charge in [-0.2, -0.15) is 13.8 Å². The second-order valence-corrected chi connectivity index (χ2v) is 8.81. The molecule has 0 saturated heterocycles. The maximum Gasteiger partial charge on any atom is 0.433 e. The number of alkyl halides is 2. The molecule has 1 atom stereocenters. The Morgan fingerprint density at radius 3 is 2.79 bits per heavy atom. The monoisotopic (exact) mass is 487 g/mol. The Bertz CT molecular complexity index is 1320. The van der Waals surface area contributed by atoms with Gasteiger partial charge < -0.3 is 23.5 Å². The van der Waals surface area contributed by atoms with Crippen LogP contribution in [0.2, 0.25) is 0 Å². The molecule has 2 aromatic carbocycles. The van der Waals surface area contributed by atoms with Crippen molar-refractivity contribution in [2.45, 2.75) is 23.6 Å². The molecule has 1 unspecified atom stereocenters. The summed E-state index contributed by atoms with van der Waals surface area (Å²) in [4.78, 5) is 11.6. The molecule has 4 aromatic rings. The number of H-pyrrole nitrogens is 1. The molecule has 8 nitrogen and oxygen atoms in total. The first-order valence-corrected chi connectivity index (χ1v) is 11.5. The van der Waals surface area contributed by atoms with E-state index in [0.29, 0.717) is 28.2 Å². The second-order valence-electron chi connectivity index (χ2n) is 7.44. The van der Waals surface area contributed by atoms with Gasteiger partial charge in [-0.25, -0.2) is 0 Å². The number of nitrogens with zero attached hydrogens (tertiary/aromatic N) is 2. The van der Waals surface area contributed by atoms with Crippen molar-refractivity contribution in [3.05, 3.63) is 66.0 Å². The third-order valence-electron chi connectivity index (χ3n) is 5.05. The van der Waals surface area contributed by atoms with Crippen molar-refractivity contribution in [1.29, 1.82) is 0 Å². The summed E-state index contributed by atoms with van der Waals surface area (Å²) in [5.41, 5.74) is 2.19. The molecule has 0 aliphatic carbocycles. The van der Waals surface area contributed by atoms with Crippen molar-refractivity contribution in [1.82, 2.24) is 15.0 Å². The van der Waals surface area contributed by atoms with Crippen molar-refractivity contribution in [3.8, 4) is 23.0 Å². The van der Waals surface area contributed by atoms with E-state index >= 15 is 0 Å². The fourth-order valence-corrected chi connectivity index (χ4v) is 4.47. The number of aromatic nitrogens is 3. The van der Waals surface area contributed by atoms with Crippen LogP contribution >= 0.6 is 0 Å². The number of imidazole rings is 1. The zero-order valence-electron chi connectivity index (χ0n) is 17.9. The Hall–Kier alpha value is -3.57. The molecule has 0 bridgehead atoms. The smallest absolute Gasteiger partial charge is 0.433 e. The van der Waals surface area contributed by atoms with E-state index in [1.165, 1.54) is 19.2 Å². The van der Waals surface area contributed by atoms with E-state index in [1.54, 1.807) is 12.3 Å². The predicted octanol–water partition coefficient (Wildman–Crippen LogP) is 4.22. The van der Waals surface area contributed by atoms with E-state index in [9.17, 15) is 13.3 Å². The number of pyridine rings is 1. The Morgan fingerprint density at radius 2 is 2.00 bits per heavy atom. The van der Waals surface area contributed by atoms with Crippen LogP contribution in [0.5, 0.6) is 23.0 Å². The van der Waals surface area contributed by atoms with Gasteiger partial charge in [-0.05, 0) is 5.56 Å². The first kappa shape index (κ1) is 22.2. The van der Waals surface area contributed by atoms with Crippen LogP contribution in [0.15, 0.2) is 59.9 Å². The highest BCUT2D eigenvalue weighted by Crippen LogP contribution is 2.39. The topological polar surface area (TPSA) is 102 Å². The number of aromatic amines is 1. The Balaban J connectivity index is 1.39. The van der Waals surface area contributed by atoms with E-state index in [1.807, 2.05) is 30.3 Å². The van der Waals surface area contributed by atoms with Crippen molar-refractivity contribution in [2.24, 2.45) is 0 Å². The number of methoxy groups -OCH3 is 1. The van der Waals surface area contributed by atoms with Gasteiger partial charge in [0.05, 0.1) is 18.1 Å². The minimum absolute atomic E-state index is 0.00801. The molecule has 3 heterocycles. The number of fused-ring (bicyclic) bond motifs is 2. The summed E-state index contributed by atoms with van der Waals surface area (Å²) in [5.74, 6) is 0.874. The number of ether oxygens (including phenoxy) is 4. The molecule has 0 saturated carbocycles. The van der Waals surface area contributed by atoms with E-state index < -0.39 is 23.9 Å². The molecule has 0 amide bonds. The highest BCUT2D eigenvalue weighted by atomic mass is 32.2. The minimum atomic E-state index is -3.42. The average Bonchev–Trinajstić information content (AvgIpc) is 3.25.